The van der Waals surface area contributed by atoms with Gasteiger partial charge in [0, 0.05) is 38.6 Å². The third kappa shape index (κ3) is 4.63. The van der Waals surface area contributed by atoms with Gasteiger partial charge in [-0.1, -0.05) is 18.2 Å². The first-order chi connectivity index (χ1) is 13.1. The molecule has 1 amide bonds. The fraction of sp³-hybridized carbons (Fsp3) is 0.429. The second kappa shape index (κ2) is 8.95. The lowest BCUT2D eigenvalue weighted by Crippen LogP contribution is -2.48. The fourth-order valence-corrected chi connectivity index (χ4v) is 3.56. The average Bonchev–Trinajstić information content (AvgIpc) is 2.70. The standard InChI is InChI=1S/C21H25FN2O3/c22-18-8-6-17(7-9-18)21(10-15-27-16-11-21)20(26)23-12-2-4-14-24-13-3-1-5-19(24)25/h1,3,5-9,13H,2,4,10-12,14-16H2,(H,23,26). The molecule has 0 saturated carbocycles. The van der Waals surface area contributed by atoms with Gasteiger partial charge in [-0.25, -0.2) is 4.39 Å². The van der Waals surface area contributed by atoms with Crippen molar-refractivity contribution in [2.75, 3.05) is 19.8 Å². The topological polar surface area (TPSA) is 60.3 Å². The summed E-state index contributed by atoms with van der Waals surface area (Å²) in [6.45, 7) is 2.21. The first-order valence-electron chi connectivity index (χ1n) is 9.39. The monoisotopic (exact) mass is 372 g/mol. The van der Waals surface area contributed by atoms with Crippen LogP contribution < -0.4 is 10.9 Å². The van der Waals surface area contributed by atoms with E-state index in [0.717, 1.165) is 18.4 Å². The Morgan fingerprint density at radius 2 is 1.85 bits per heavy atom. The van der Waals surface area contributed by atoms with Crippen LogP contribution >= 0.6 is 0 Å². The summed E-state index contributed by atoms with van der Waals surface area (Å²) in [4.78, 5) is 24.7. The maximum Gasteiger partial charge on any atom is 0.250 e. The molecule has 144 valence electrons. The van der Waals surface area contributed by atoms with Crippen molar-refractivity contribution in [2.45, 2.75) is 37.6 Å². The Morgan fingerprint density at radius 1 is 1.11 bits per heavy atom. The zero-order chi connectivity index (χ0) is 19.1. The summed E-state index contributed by atoms with van der Waals surface area (Å²) in [7, 11) is 0. The third-order valence-electron chi connectivity index (χ3n) is 5.19. The molecule has 2 aromatic rings. The molecule has 1 saturated heterocycles. The van der Waals surface area contributed by atoms with E-state index in [9.17, 15) is 14.0 Å². The highest BCUT2D eigenvalue weighted by molar-refractivity contribution is 5.88. The van der Waals surface area contributed by atoms with E-state index in [-0.39, 0.29) is 17.3 Å². The maximum absolute atomic E-state index is 13.3. The van der Waals surface area contributed by atoms with Gasteiger partial charge in [0.1, 0.15) is 5.82 Å². The van der Waals surface area contributed by atoms with E-state index in [4.69, 9.17) is 4.74 Å². The quantitative estimate of drug-likeness (QED) is 0.760. The Kier molecular flexibility index (Phi) is 6.40. The van der Waals surface area contributed by atoms with E-state index in [0.29, 0.717) is 39.1 Å². The normalized spacial score (nSPS) is 16.0. The van der Waals surface area contributed by atoms with Crippen LogP contribution in [-0.2, 0) is 21.5 Å². The van der Waals surface area contributed by atoms with Gasteiger partial charge in [0.05, 0.1) is 5.41 Å². The molecule has 2 heterocycles. The number of hydrogen-bond donors (Lipinski definition) is 1. The Bertz CT molecular complexity index is 811. The molecule has 0 atom stereocenters. The molecule has 5 nitrogen and oxygen atoms in total. The van der Waals surface area contributed by atoms with Crippen molar-refractivity contribution in [1.29, 1.82) is 0 Å². The molecule has 0 unspecified atom stereocenters. The molecule has 3 rings (SSSR count). The number of aryl methyl sites for hydroxylation is 1. The molecule has 0 aliphatic carbocycles. The van der Waals surface area contributed by atoms with Crippen LogP contribution in [0.4, 0.5) is 4.39 Å². The van der Waals surface area contributed by atoms with Gasteiger partial charge in [0.25, 0.3) is 0 Å². The lowest BCUT2D eigenvalue weighted by Gasteiger charge is -2.36. The zero-order valence-corrected chi connectivity index (χ0v) is 15.3. The first kappa shape index (κ1) is 19.3. The van der Waals surface area contributed by atoms with Crippen LogP contribution in [0.1, 0.15) is 31.2 Å². The molecule has 1 fully saturated rings. The van der Waals surface area contributed by atoms with Gasteiger partial charge < -0.3 is 14.6 Å². The predicted octanol–water partition coefficient (Wildman–Crippen LogP) is 2.63. The number of amides is 1. The molecule has 1 aliphatic heterocycles. The van der Waals surface area contributed by atoms with Gasteiger partial charge in [0.15, 0.2) is 0 Å². The summed E-state index contributed by atoms with van der Waals surface area (Å²) >= 11 is 0. The van der Waals surface area contributed by atoms with Gasteiger partial charge >= 0.3 is 0 Å². The second-order valence-electron chi connectivity index (χ2n) is 6.90. The number of hydrogen-bond acceptors (Lipinski definition) is 3. The van der Waals surface area contributed by atoms with Crippen LogP contribution in [0.15, 0.2) is 53.5 Å². The van der Waals surface area contributed by atoms with Crippen molar-refractivity contribution in [2.24, 2.45) is 0 Å². The van der Waals surface area contributed by atoms with Gasteiger partial charge in [-0.2, -0.15) is 0 Å². The Morgan fingerprint density at radius 3 is 2.56 bits per heavy atom. The number of aromatic nitrogens is 1. The molecule has 0 spiro atoms. The number of halogens is 1. The minimum absolute atomic E-state index is 0.0148. The largest absolute Gasteiger partial charge is 0.381 e. The Labute approximate surface area is 158 Å². The summed E-state index contributed by atoms with van der Waals surface area (Å²) in [5, 5.41) is 3.03. The minimum atomic E-state index is -0.664. The molecule has 1 N–H and O–H groups in total. The Hall–Kier alpha value is -2.47. The number of nitrogens with one attached hydrogen (secondary N) is 1. The molecule has 1 aromatic carbocycles. The number of unbranched alkanes of at least 4 members (excludes halogenated alkanes) is 1. The van der Waals surface area contributed by atoms with Gasteiger partial charge in [0.2, 0.25) is 11.5 Å². The van der Waals surface area contributed by atoms with Crippen LogP contribution in [0, 0.1) is 5.82 Å². The van der Waals surface area contributed by atoms with Crippen LogP contribution in [-0.4, -0.2) is 30.2 Å². The van der Waals surface area contributed by atoms with Crippen molar-refractivity contribution in [3.63, 3.8) is 0 Å². The molecule has 1 aliphatic rings. The van der Waals surface area contributed by atoms with Crippen molar-refractivity contribution in [3.05, 3.63) is 70.4 Å². The summed E-state index contributed by atoms with van der Waals surface area (Å²) in [5.74, 6) is -0.341. The van der Waals surface area contributed by atoms with Crippen LogP contribution in [0.2, 0.25) is 0 Å². The van der Waals surface area contributed by atoms with E-state index in [1.54, 1.807) is 35.0 Å². The smallest absolute Gasteiger partial charge is 0.250 e. The van der Waals surface area contributed by atoms with Gasteiger partial charge in [-0.3, -0.25) is 9.59 Å². The molecule has 0 bridgehead atoms. The fourth-order valence-electron chi connectivity index (χ4n) is 3.56. The highest BCUT2D eigenvalue weighted by Crippen LogP contribution is 2.35. The Balaban J connectivity index is 1.56. The van der Waals surface area contributed by atoms with Crippen LogP contribution in [0.25, 0.3) is 0 Å². The van der Waals surface area contributed by atoms with E-state index < -0.39 is 5.41 Å². The van der Waals surface area contributed by atoms with Crippen LogP contribution in [0.3, 0.4) is 0 Å². The van der Waals surface area contributed by atoms with Crippen molar-refractivity contribution in [3.8, 4) is 0 Å². The van der Waals surface area contributed by atoms with Gasteiger partial charge in [-0.15, -0.1) is 0 Å². The third-order valence-corrected chi connectivity index (χ3v) is 5.19. The number of ether oxygens (including phenoxy) is 1. The average molecular weight is 372 g/mol. The maximum atomic E-state index is 13.3. The minimum Gasteiger partial charge on any atom is -0.381 e. The highest BCUT2D eigenvalue weighted by Gasteiger charge is 2.41. The summed E-state index contributed by atoms with van der Waals surface area (Å²) < 4.78 is 20.4. The molecule has 27 heavy (non-hydrogen) atoms. The number of pyridine rings is 1. The van der Waals surface area contributed by atoms with Crippen molar-refractivity contribution in [1.82, 2.24) is 9.88 Å². The van der Waals surface area contributed by atoms with E-state index in [1.165, 1.54) is 12.1 Å². The predicted molar refractivity (Wildman–Crippen MR) is 101 cm³/mol. The van der Waals surface area contributed by atoms with Crippen LogP contribution in [0.5, 0.6) is 0 Å². The molecular weight excluding hydrogens is 347 g/mol. The summed E-state index contributed by atoms with van der Waals surface area (Å²) in [5.41, 5.74) is 0.155. The summed E-state index contributed by atoms with van der Waals surface area (Å²) in [6, 6.07) is 11.3. The van der Waals surface area contributed by atoms with Crippen molar-refractivity contribution >= 4 is 5.91 Å². The number of benzene rings is 1. The summed E-state index contributed by atoms with van der Waals surface area (Å²) in [6.07, 6.45) is 4.53. The van der Waals surface area contributed by atoms with E-state index in [1.807, 2.05) is 6.07 Å². The number of rotatable bonds is 7. The number of carbonyl (C=O) groups excluding carboxylic acids is 1. The molecule has 0 radical (unpaired) electrons. The molecule has 1 aromatic heterocycles. The van der Waals surface area contributed by atoms with E-state index >= 15 is 0 Å². The SMILES string of the molecule is O=C(NCCCCn1ccccc1=O)C1(c2ccc(F)cc2)CCOCC1. The first-order valence-corrected chi connectivity index (χ1v) is 9.39. The molecular formula is C21H25FN2O3. The lowest BCUT2D eigenvalue weighted by molar-refractivity contribution is -0.130. The second-order valence-corrected chi connectivity index (χ2v) is 6.90. The van der Waals surface area contributed by atoms with Gasteiger partial charge in [-0.05, 0) is 49.4 Å². The lowest BCUT2D eigenvalue weighted by atomic mass is 9.73. The van der Waals surface area contributed by atoms with E-state index in [2.05, 4.69) is 5.32 Å². The zero-order valence-electron chi connectivity index (χ0n) is 15.3. The number of carbonyl (C=O) groups is 1. The highest BCUT2D eigenvalue weighted by atomic mass is 19.1. The molecule has 6 heteroatoms. The number of nitrogens with zero attached hydrogens (tertiary/aromatic N) is 1. The van der Waals surface area contributed by atoms with Crippen molar-refractivity contribution < 1.29 is 13.9 Å².